The van der Waals surface area contributed by atoms with Crippen LogP contribution in [-0.4, -0.2) is 0 Å². The zero-order valence-electron chi connectivity index (χ0n) is 7.77. The highest BCUT2D eigenvalue weighted by Gasteiger charge is 2.35. The molecule has 82 valence electrons. The fraction of sp³-hybridized carbons (Fsp3) is 0.200. The van der Waals surface area contributed by atoms with E-state index < -0.39 is 23.1 Å². The van der Waals surface area contributed by atoms with Gasteiger partial charge in [-0.05, 0) is 17.7 Å². The van der Waals surface area contributed by atoms with Gasteiger partial charge in [-0.25, -0.2) is 4.39 Å². The van der Waals surface area contributed by atoms with E-state index in [1.54, 1.807) is 6.07 Å². The lowest BCUT2D eigenvalue weighted by molar-refractivity contribution is -0.140. The highest BCUT2D eigenvalue weighted by molar-refractivity contribution is 5.41. The molecule has 0 aliphatic heterocycles. The smallest absolute Gasteiger partial charge is 0.205 e. The van der Waals surface area contributed by atoms with Crippen LogP contribution in [0.15, 0.2) is 12.1 Å². The Kier molecular flexibility index (Phi) is 3.14. The zero-order chi connectivity index (χ0) is 12.3. The maximum atomic E-state index is 13.2. The fourth-order valence-corrected chi connectivity index (χ4v) is 1.17. The van der Waals surface area contributed by atoms with Crippen molar-refractivity contribution < 1.29 is 17.6 Å². The van der Waals surface area contributed by atoms with Crippen LogP contribution in [0.3, 0.4) is 0 Å². The number of alkyl halides is 3. The third-order valence-electron chi connectivity index (χ3n) is 1.84. The van der Waals surface area contributed by atoms with Gasteiger partial charge in [-0.1, -0.05) is 0 Å². The fourth-order valence-electron chi connectivity index (χ4n) is 1.17. The Hall–Kier alpha value is -2.08. The van der Waals surface area contributed by atoms with Crippen molar-refractivity contribution in [3.05, 3.63) is 34.6 Å². The first kappa shape index (κ1) is 12.0. The van der Waals surface area contributed by atoms with E-state index in [-0.39, 0.29) is 12.0 Å². The van der Waals surface area contributed by atoms with Crippen molar-refractivity contribution in [2.24, 2.45) is 0 Å². The SMILES string of the molecule is N#CCc1cc(C#N)c(F)c(C(F)(F)F)c1. The number of nitrogens with zero attached hydrogens (tertiary/aromatic N) is 2. The average molecular weight is 228 g/mol. The first-order valence-corrected chi connectivity index (χ1v) is 4.06. The molecule has 16 heavy (non-hydrogen) atoms. The Morgan fingerprint density at radius 1 is 1.19 bits per heavy atom. The number of rotatable bonds is 1. The topological polar surface area (TPSA) is 47.6 Å². The molecular weight excluding hydrogens is 224 g/mol. The molecule has 0 bridgehead atoms. The Bertz CT molecular complexity index is 491. The van der Waals surface area contributed by atoms with Gasteiger partial charge in [0, 0.05) is 0 Å². The van der Waals surface area contributed by atoms with Gasteiger partial charge in [0.15, 0.2) is 5.82 Å². The standard InChI is InChI=1S/C10H4F4N2/c11-9-7(5-16)3-6(1-2-15)4-8(9)10(12,13)14/h3-4H,1H2. The van der Waals surface area contributed by atoms with Crippen LogP contribution in [0.4, 0.5) is 17.6 Å². The third kappa shape index (κ3) is 2.29. The highest BCUT2D eigenvalue weighted by atomic mass is 19.4. The van der Waals surface area contributed by atoms with Gasteiger partial charge in [0.1, 0.15) is 6.07 Å². The van der Waals surface area contributed by atoms with Gasteiger partial charge >= 0.3 is 6.18 Å². The van der Waals surface area contributed by atoms with E-state index in [2.05, 4.69) is 0 Å². The third-order valence-corrected chi connectivity index (χ3v) is 1.84. The molecule has 0 amide bonds. The molecule has 0 aliphatic rings. The van der Waals surface area contributed by atoms with E-state index in [1.165, 1.54) is 6.07 Å². The van der Waals surface area contributed by atoms with Crippen molar-refractivity contribution in [3.63, 3.8) is 0 Å². The first-order chi connectivity index (χ1) is 7.40. The minimum atomic E-state index is -4.87. The molecule has 2 nitrogen and oxygen atoms in total. The summed E-state index contributed by atoms with van der Waals surface area (Å²) < 4.78 is 50.2. The lowest BCUT2D eigenvalue weighted by Crippen LogP contribution is -2.10. The van der Waals surface area contributed by atoms with Crippen molar-refractivity contribution in [1.29, 1.82) is 10.5 Å². The summed E-state index contributed by atoms with van der Waals surface area (Å²) in [7, 11) is 0. The largest absolute Gasteiger partial charge is 0.419 e. The predicted octanol–water partition coefficient (Wildman–Crippen LogP) is 2.78. The molecular formula is C10H4F4N2. The molecule has 0 aliphatic carbocycles. The van der Waals surface area contributed by atoms with Gasteiger partial charge in [0.25, 0.3) is 0 Å². The molecule has 0 aromatic heterocycles. The second-order valence-corrected chi connectivity index (χ2v) is 2.95. The Labute approximate surface area is 88.3 Å². The summed E-state index contributed by atoms with van der Waals surface area (Å²) in [5, 5.41) is 16.8. The van der Waals surface area contributed by atoms with Crippen molar-refractivity contribution in [1.82, 2.24) is 0 Å². The molecule has 0 radical (unpaired) electrons. The van der Waals surface area contributed by atoms with E-state index in [1.807, 2.05) is 0 Å². The monoisotopic (exact) mass is 228 g/mol. The van der Waals surface area contributed by atoms with Crippen LogP contribution in [0.1, 0.15) is 16.7 Å². The van der Waals surface area contributed by atoms with E-state index in [0.717, 1.165) is 6.07 Å². The van der Waals surface area contributed by atoms with Gasteiger partial charge in [0.2, 0.25) is 0 Å². The molecule has 0 spiro atoms. The molecule has 6 heteroatoms. The highest BCUT2D eigenvalue weighted by Crippen LogP contribution is 2.33. The quantitative estimate of drug-likeness (QED) is 0.694. The summed E-state index contributed by atoms with van der Waals surface area (Å²) in [5.41, 5.74) is -2.26. The van der Waals surface area contributed by atoms with Crippen LogP contribution in [-0.2, 0) is 12.6 Å². The summed E-state index contributed by atoms with van der Waals surface area (Å²) in [5.74, 6) is -1.60. The Morgan fingerprint density at radius 3 is 2.25 bits per heavy atom. The van der Waals surface area contributed by atoms with Crippen LogP contribution in [0.2, 0.25) is 0 Å². The average Bonchev–Trinajstić information content (AvgIpc) is 2.19. The maximum Gasteiger partial charge on any atom is 0.419 e. The minimum Gasteiger partial charge on any atom is -0.205 e. The van der Waals surface area contributed by atoms with Crippen LogP contribution >= 0.6 is 0 Å². The molecule has 0 heterocycles. The summed E-state index contributed by atoms with van der Waals surface area (Å²) in [6, 6.07) is 4.44. The van der Waals surface area contributed by atoms with Crippen molar-refractivity contribution >= 4 is 0 Å². The molecule has 1 aromatic rings. The molecule has 0 atom stereocenters. The number of hydrogen-bond acceptors (Lipinski definition) is 2. The lowest BCUT2D eigenvalue weighted by Gasteiger charge is -2.10. The van der Waals surface area contributed by atoms with Crippen LogP contribution in [0.25, 0.3) is 0 Å². The summed E-state index contributed by atoms with van der Waals surface area (Å²) >= 11 is 0. The molecule has 0 unspecified atom stereocenters. The molecule has 0 saturated heterocycles. The summed E-state index contributed by atoms with van der Waals surface area (Å²) in [6.07, 6.45) is -5.18. The molecule has 0 saturated carbocycles. The van der Waals surface area contributed by atoms with Crippen LogP contribution in [0, 0.1) is 28.5 Å². The minimum absolute atomic E-state index is 0.0345. The van der Waals surface area contributed by atoms with E-state index in [0.29, 0.717) is 6.07 Å². The molecule has 1 rings (SSSR count). The summed E-state index contributed by atoms with van der Waals surface area (Å²) in [4.78, 5) is 0. The molecule has 1 aromatic carbocycles. The van der Waals surface area contributed by atoms with E-state index in [4.69, 9.17) is 10.5 Å². The first-order valence-electron chi connectivity index (χ1n) is 4.06. The van der Waals surface area contributed by atoms with Gasteiger partial charge < -0.3 is 0 Å². The van der Waals surface area contributed by atoms with Crippen molar-refractivity contribution in [2.45, 2.75) is 12.6 Å². The normalized spacial score (nSPS) is 10.6. The second-order valence-electron chi connectivity index (χ2n) is 2.95. The maximum absolute atomic E-state index is 13.2. The number of benzene rings is 1. The predicted molar refractivity (Wildman–Crippen MR) is 45.4 cm³/mol. The van der Waals surface area contributed by atoms with Gasteiger partial charge in [-0.3, -0.25) is 0 Å². The number of halogens is 4. The number of nitriles is 2. The van der Waals surface area contributed by atoms with Gasteiger partial charge in [-0.15, -0.1) is 0 Å². The zero-order valence-corrected chi connectivity index (χ0v) is 7.77. The molecule has 0 fully saturated rings. The van der Waals surface area contributed by atoms with Crippen LogP contribution < -0.4 is 0 Å². The van der Waals surface area contributed by atoms with Crippen LogP contribution in [0.5, 0.6) is 0 Å². The second kappa shape index (κ2) is 4.19. The Morgan fingerprint density at radius 2 is 1.81 bits per heavy atom. The van der Waals surface area contributed by atoms with Gasteiger partial charge in [0.05, 0.1) is 23.6 Å². The van der Waals surface area contributed by atoms with Crippen molar-refractivity contribution in [2.75, 3.05) is 0 Å². The van der Waals surface area contributed by atoms with E-state index in [9.17, 15) is 17.6 Å². The van der Waals surface area contributed by atoms with Gasteiger partial charge in [-0.2, -0.15) is 23.7 Å². The van der Waals surface area contributed by atoms with E-state index >= 15 is 0 Å². The molecule has 0 N–H and O–H groups in total. The summed E-state index contributed by atoms with van der Waals surface area (Å²) in [6.45, 7) is 0. The number of hydrogen-bond donors (Lipinski definition) is 0. The Balaban J connectivity index is 3.45. The lowest BCUT2D eigenvalue weighted by atomic mass is 10.0. The van der Waals surface area contributed by atoms with Crippen molar-refractivity contribution in [3.8, 4) is 12.1 Å².